The number of rotatable bonds is 3. The summed E-state index contributed by atoms with van der Waals surface area (Å²) in [5, 5.41) is 3.40. The molecule has 21 heavy (non-hydrogen) atoms. The fraction of sp³-hybridized carbons (Fsp3) is 0.769. The van der Waals surface area contributed by atoms with Crippen molar-refractivity contribution in [3.63, 3.8) is 0 Å². The number of nitrogens with one attached hydrogen (secondary N) is 1. The summed E-state index contributed by atoms with van der Waals surface area (Å²) < 4.78 is 10.8. The second-order valence-electron chi connectivity index (χ2n) is 5.71. The van der Waals surface area contributed by atoms with Gasteiger partial charge < -0.3 is 25.4 Å². The lowest BCUT2D eigenvalue weighted by molar-refractivity contribution is 0.0656. The largest absolute Gasteiger partial charge is 0.381 e. The molecule has 0 unspecified atom stereocenters. The third-order valence-electron chi connectivity index (χ3n) is 3.94. The lowest BCUT2D eigenvalue weighted by atomic mass is 9.93. The van der Waals surface area contributed by atoms with Gasteiger partial charge in [0.25, 0.3) is 0 Å². The Bertz CT molecular complexity index is 486. The Hall–Kier alpha value is -1.67. The molecule has 3 heterocycles. The van der Waals surface area contributed by atoms with Gasteiger partial charge in [0.2, 0.25) is 17.8 Å². The molecule has 0 saturated carbocycles. The van der Waals surface area contributed by atoms with Gasteiger partial charge in [0.15, 0.2) is 0 Å². The van der Waals surface area contributed by atoms with E-state index in [0.29, 0.717) is 25.1 Å². The summed E-state index contributed by atoms with van der Waals surface area (Å²) in [5.41, 5.74) is 5.77. The Morgan fingerprint density at radius 2 is 1.71 bits per heavy atom. The Morgan fingerprint density at radius 1 is 1.05 bits per heavy atom. The minimum absolute atomic E-state index is 0.0612. The molecule has 2 fully saturated rings. The molecule has 0 amide bonds. The van der Waals surface area contributed by atoms with Gasteiger partial charge in [0, 0.05) is 31.8 Å². The number of ether oxygens (including phenoxy) is 2. The molecule has 2 aliphatic heterocycles. The third-order valence-corrected chi connectivity index (χ3v) is 3.94. The number of hydrogen-bond acceptors (Lipinski definition) is 8. The van der Waals surface area contributed by atoms with E-state index in [0.717, 1.165) is 39.1 Å². The van der Waals surface area contributed by atoms with Gasteiger partial charge in [0.1, 0.15) is 0 Å². The molecule has 1 aromatic heterocycles. The molecule has 0 radical (unpaired) electrons. The van der Waals surface area contributed by atoms with Crippen molar-refractivity contribution in [1.29, 1.82) is 0 Å². The Morgan fingerprint density at radius 3 is 2.43 bits per heavy atom. The monoisotopic (exact) mass is 294 g/mol. The number of hydrogen-bond donors (Lipinski definition) is 2. The highest BCUT2D eigenvalue weighted by molar-refractivity contribution is 5.43. The van der Waals surface area contributed by atoms with E-state index in [1.54, 1.807) is 0 Å². The van der Waals surface area contributed by atoms with Gasteiger partial charge in [-0.25, -0.2) is 0 Å². The number of nitrogen functional groups attached to an aromatic ring is 1. The van der Waals surface area contributed by atoms with E-state index in [-0.39, 0.29) is 11.5 Å². The lowest BCUT2D eigenvalue weighted by Gasteiger charge is -2.34. The summed E-state index contributed by atoms with van der Waals surface area (Å²) in [5.74, 6) is 1.39. The van der Waals surface area contributed by atoms with E-state index < -0.39 is 0 Å². The van der Waals surface area contributed by atoms with Crippen LogP contribution in [0.1, 0.15) is 19.8 Å². The van der Waals surface area contributed by atoms with Crippen LogP contribution in [0, 0.1) is 0 Å². The molecule has 1 aromatic rings. The highest BCUT2D eigenvalue weighted by atomic mass is 16.5. The molecule has 0 aliphatic carbocycles. The summed E-state index contributed by atoms with van der Waals surface area (Å²) >= 11 is 0. The van der Waals surface area contributed by atoms with Gasteiger partial charge >= 0.3 is 0 Å². The number of nitrogens with zero attached hydrogens (tertiary/aromatic N) is 4. The Kier molecular flexibility index (Phi) is 4.07. The maximum atomic E-state index is 5.83. The molecule has 0 aromatic carbocycles. The Labute approximate surface area is 124 Å². The summed E-state index contributed by atoms with van der Waals surface area (Å²) in [6.07, 6.45) is 1.84. The minimum atomic E-state index is -0.0612. The van der Waals surface area contributed by atoms with Crippen LogP contribution in [0.2, 0.25) is 0 Å². The first-order chi connectivity index (χ1) is 10.1. The van der Waals surface area contributed by atoms with Crippen LogP contribution in [0.25, 0.3) is 0 Å². The lowest BCUT2D eigenvalue weighted by Crippen LogP contribution is -2.42. The van der Waals surface area contributed by atoms with Crippen molar-refractivity contribution in [1.82, 2.24) is 15.0 Å². The third kappa shape index (κ3) is 3.51. The van der Waals surface area contributed by atoms with Crippen molar-refractivity contribution in [3.05, 3.63) is 0 Å². The van der Waals surface area contributed by atoms with Crippen molar-refractivity contribution >= 4 is 17.8 Å². The van der Waals surface area contributed by atoms with Gasteiger partial charge in [-0.2, -0.15) is 15.0 Å². The maximum absolute atomic E-state index is 5.83. The molecule has 3 rings (SSSR count). The molecular weight excluding hydrogens is 272 g/mol. The number of anilines is 3. The van der Waals surface area contributed by atoms with Crippen LogP contribution in [0.5, 0.6) is 0 Å². The molecule has 8 heteroatoms. The Balaban J connectivity index is 1.77. The van der Waals surface area contributed by atoms with Crippen molar-refractivity contribution in [2.24, 2.45) is 0 Å². The van der Waals surface area contributed by atoms with Crippen LogP contribution in [-0.2, 0) is 9.47 Å². The molecule has 2 aliphatic rings. The summed E-state index contributed by atoms with van der Waals surface area (Å²) in [6, 6.07) is 0. The molecule has 8 nitrogen and oxygen atoms in total. The first-order valence-electron chi connectivity index (χ1n) is 7.35. The predicted octanol–water partition coefficient (Wildman–Crippen LogP) is 0.271. The number of aromatic nitrogens is 3. The molecular formula is C13H22N6O2. The SMILES string of the molecule is CC1(Nc2nc(N)nc(N3CCOCC3)n2)CCOCC1. The highest BCUT2D eigenvalue weighted by Gasteiger charge is 2.28. The van der Waals surface area contributed by atoms with E-state index in [1.165, 1.54) is 0 Å². The van der Waals surface area contributed by atoms with Crippen LogP contribution in [0.15, 0.2) is 0 Å². The van der Waals surface area contributed by atoms with Gasteiger partial charge in [-0.15, -0.1) is 0 Å². The van der Waals surface area contributed by atoms with Gasteiger partial charge in [-0.3, -0.25) is 0 Å². The van der Waals surface area contributed by atoms with Gasteiger partial charge in [-0.05, 0) is 19.8 Å². The molecule has 116 valence electrons. The zero-order chi connectivity index (χ0) is 14.7. The average Bonchev–Trinajstić information content (AvgIpc) is 2.48. The normalized spacial score (nSPS) is 22.0. The van der Waals surface area contributed by atoms with Crippen molar-refractivity contribution in [2.75, 3.05) is 55.5 Å². The smallest absolute Gasteiger partial charge is 0.232 e. The number of nitrogens with two attached hydrogens (primary N) is 1. The summed E-state index contributed by atoms with van der Waals surface area (Å²) in [7, 11) is 0. The topological polar surface area (TPSA) is 98.4 Å². The highest BCUT2D eigenvalue weighted by Crippen LogP contribution is 2.24. The molecule has 0 bridgehead atoms. The minimum Gasteiger partial charge on any atom is -0.381 e. The fourth-order valence-corrected chi connectivity index (χ4v) is 2.56. The predicted molar refractivity (Wildman–Crippen MR) is 79.4 cm³/mol. The average molecular weight is 294 g/mol. The van der Waals surface area contributed by atoms with Crippen molar-refractivity contribution in [2.45, 2.75) is 25.3 Å². The van der Waals surface area contributed by atoms with Crippen LogP contribution < -0.4 is 16.0 Å². The zero-order valence-corrected chi connectivity index (χ0v) is 12.3. The zero-order valence-electron chi connectivity index (χ0n) is 12.3. The van der Waals surface area contributed by atoms with Crippen LogP contribution in [0.4, 0.5) is 17.8 Å². The van der Waals surface area contributed by atoms with E-state index in [4.69, 9.17) is 15.2 Å². The maximum Gasteiger partial charge on any atom is 0.232 e. The molecule has 0 atom stereocenters. The fourth-order valence-electron chi connectivity index (χ4n) is 2.56. The van der Waals surface area contributed by atoms with Gasteiger partial charge in [0.05, 0.1) is 13.2 Å². The standard InChI is InChI=1S/C13H22N6O2/c1-13(2-6-20-7-3-13)18-11-15-10(14)16-12(17-11)19-4-8-21-9-5-19/h2-9H2,1H3,(H3,14,15,16,17,18). The second-order valence-corrected chi connectivity index (χ2v) is 5.71. The first kappa shape index (κ1) is 14.3. The van der Waals surface area contributed by atoms with Crippen molar-refractivity contribution in [3.8, 4) is 0 Å². The quantitative estimate of drug-likeness (QED) is 0.820. The number of morpholine rings is 1. The van der Waals surface area contributed by atoms with Crippen LogP contribution >= 0.6 is 0 Å². The molecule has 0 spiro atoms. The second kappa shape index (κ2) is 5.98. The van der Waals surface area contributed by atoms with Gasteiger partial charge in [-0.1, -0.05) is 0 Å². The van der Waals surface area contributed by atoms with Crippen LogP contribution in [0.3, 0.4) is 0 Å². The molecule has 2 saturated heterocycles. The summed E-state index contributed by atoms with van der Waals surface area (Å²) in [6.45, 7) is 6.57. The first-order valence-corrected chi connectivity index (χ1v) is 7.35. The summed E-state index contributed by atoms with van der Waals surface area (Å²) in [4.78, 5) is 15.0. The van der Waals surface area contributed by atoms with E-state index in [1.807, 2.05) is 0 Å². The van der Waals surface area contributed by atoms with Crippen LogP contribution in [-0.4, -0.2) is 60.0 Å². The van der Waals surface area contributed by atoms with E-state index in [2.05, 4.69) is 32.1 Å². The molecule has 3 N–H and O–H groups in total. The van der Waals surface area contributed by atoms with E-state index in [9.17, 15) is 0 Å². The van der Waals surface area contributed by atoms with Crippen molar-refractivity contribution < 1.29 is 9.47 Å². The van der Waals surface area contributed by atoms with E-state index >= 15 is 0 Å².